The summed E-state index contributed by atoms with van der Waals surface area (Å²) in [5, 5.41) is 11.4. The highest BCUT2D eigenvalue weighted by molar-refractivity contribution is 8.00. The highest BCUT2D eigenvalue weighted by atomic mass is 32.2. The van der Waals surface area contributed by atoms with E-state index in [2.05, 4.69) is 16.0 Å². The quantitative estimate of drug-likeness (QED) is 0.797. The van der Waals surface area contributed by atoms with E-state index < -0.39 is 0 Å². The monoisotopic (exact) mass is 317 g/mol. The molecule has 2 aliphatic heterocycles. The van der Waals surface area contributed by atoms with Crippen molar-refractivity contribution in [1.82, 2.24) is 10.6 Å². The highest BCUT2D eigenvalue weighted by Gasteiger charge is 2.28. The van der Waals surface area contributed by atoms with Gasteiger partial charge in [0.1, 0.15) is 5.82 Å². The van der Waals surface area contributed by atoms with E-state index in [0.29, 0.717) is 0 Å². The van der Waals surface area contributed by atoms with Gasteiger partial charge in [0, 0.05) is 11.4 Å². The van der Waals surface area contributed by atoms with E-state index in [1.165, 1.54) is 12.1 Å². The lowest BCUT2D eigenvalue weighted by Crippen LogP contribution is -2.40. The van der Waals surface area contributed by atoms with Gasteiger partial charge in [0.15, 0.2) is 5.50 Å². The second-order valence-corrected chi connectivity index (χ2v) is 6.76. The molecular formula is C16H16FN3OS. The minimum Gasteiger partial charge on any atom is -0.356 e. The molecule has 0 spiro atoms. The van der Waals surface area contributed by atoms with Gasteiger partial charge in [-0.3, -0.25) is 4.79 Å². The summed E-state index contributed by atoms with van der Waals surface area (Å²) in [5.74, 6) is -0.0999. The van der Waals surface area contributed by atoms with Crippen molar-refractivity contribution in [1.29, 1.82) is 0 Å². The standard InChI is InChI=1S/C16H16FN3OS/c17-11-2-3-12-9(7-11)1-4-13-14(12)22-16(19-13)20-15(21)10-5-6-18-8-10/h1-4,7,10,16,18-19H,5-6,8H2,(H,20,21)/t10-,16?/m0/s1. The maximum atomic E-state index is 13.3. The third-order valence-corrected chi connectivity index (χ3v) is 5.31. The summed E-state index contributed by atoms with van der Waals surface area (Å²) in [7, 11) is 0. The van der Waals surface area contributed by atoms with Crippen LogP contribution in [-0.2, 0) is 4.79 Å². The minimum atomic E-state index is -0.234. The molecule has 0 aromatic heterocycles. The Morgan fingerprint density at radius 1 is 1.32 bits per heavy atom. The molecule has 2 aliphatic rings. The molecule has 2 heterocycles. The van der Waals surface area contributed by atoms with E-state index in [1.807, 2.05) is 12.1 Å². The van der Waals surface area contributed by atoms with Crippen molar-refractivity contribution in [3.05, 3.63) is 36.1 Å². The van der Waals surface area contributed by atoms with Crippen molar-refractivity contribution in [2.45, 2.75) is 16.8 Å². The highest BCUT2D eigenvalue weighted by Crippen LogP contribution is 2.42. The molecule has 2 aromatic rings. The second kappa shape index (κ2) is 5.44. The summed E-state index contributed by atoms with van der Waals surface area (Å²) in [4.78, 5) is 13.3. The molecule has 0 aliphatic carbocycles. The van der Waals surface area contributed by atoms with Crippen LogP contribution in [0.1, 0.15) is 6.42 Å². The summed E-state index contributed by atoms with van der Waals surface area (Å²) in [6, 6.07) is 8.64. The van der Waals surface area contributed by atoms with E-state index in [1.54, 1.807) is 17.8 Å². The third kappa shape index (κ3) is 2.42. The minimum absolute atomic E-state index is 0.0527. The van der Waals surface area contributed by atoms with E-state index in [0.717, 1.165) is 40.9 Å². The molecule has 2 aromatic carbocycles. The van der Waals surface area contributed by atoms with Gasteiger partial charge in [0.25, 0.3) is 0 Å². The molecule has 1 fully saturated rings. The number of nitrogens with one attached hydrogen (secondary N) is 3. The number of hydrogen-bond acceptors (Lipinski definition) is 4. The molecule has 4 nitrogen and oxygen atoms in total. The predicted octanol–water partition coefficient (Wildman–Crippen LogP) is 2.51. The van der Waals surface area contributed by atoms with Crippen LogP contribution in [0.4, 0.5) is 10.1 Å². The van der Waals surface area contributed by atoms with Gasteiger partial charge in [-0.1, -0.05) is 23.9 Å². The van der Waals surface area contributed by atoms with Crippen LogP contribution in [0.5, 0.6) is 0 Å². The zero-order chi connectivity index (χ0) is 15.1. The zero-order valence-corrected chi connectivity index (χ0v) is 12.7. The number of carbonyl (C=O) groups is 1. The average molecular weight is 317 g/mol. The number of halogens is 1. The predicted molar refractivity (Wildman–Crippen MR) is 86.3 cm³/mol. The number of carbonyl (C=O) groups excluding carboxylic acids is 1. The Kier molecular flexibility index (Phi) is 3.43. The molecule has 6 heteroatoms. The van der Waals surface area contributed by atoms with Gasteiger partial charge in [0.2, 0.25) is 5.91 Å². The smallest absolute Gasteiger partial charge is 0.226 e. The van der Waals surface area contributed by atoms with Crippen LogP contribution >= 0.6 is 11.8 Å². The molecular weight excluding hydrogens is 301 g/mol. The molecule has 2 atom stereocenters. The lowest BCUT2D eigenvalue weighted by atomic mass is 10.1. The fraction of sp³-hybridized carbons (Fsp3) is 0.312. The Hall–Kier alpha value is -1.79. The number of anilines is 1. The van der Waals surface area contributed by atoms with E-state index in [-0.39, 0.29) is 23.1 Å². The van der Waals surface area contributed by atoms with E-state index in [4.69, 9.17) is 0 Å². The number of amides is 1. The number of hydrogen-bond donors (Lipinski definition) is 3. The lowest BCUT2D eigenvalue weighted by molar-refractivity contribution is -0.124. The number of thioether (sulfide) groups is 1. The fourth-order valence-corrected chi connectivity index (χ4v) is 4.16. The Morgan fingerprint density at radius 2 is 2.23 bits per heavy atom. The zero-order valence-electron chi connectivity index (χ0n) is 11.9. The molecule has 22 heavy (non-hydrogen) atoms. The second-order valence-electron chi connectivity index (χ2n) is 5.65. The Bertz CT molecular complexity index is 745. The first-order valence-electron chi connectivity index (χ1n) is 7.37. The summed E-state index contributed by atoms with van der Waals surface area (Å²) in [6.07, 6.45) is 0.887. The Morgan fingerprint density at radius 3 is 3.05 bits per heavy atom. The van der Waals surface area contributed by atoms with Crippen molar-refractivity contribution >= 4 is 34.1 Å². The van der Waals surface area contributed by atoms with Crippen molar-refractivity contribution in [3.8, 4) is 0 Å². The van der Waals surface area contributed by atoms with Gasteiger partial charge in [-0.2, -0.15) is 0 Å². The van der Waals surface area contributed by atoms with Crippen LogP contribution in [0.25, 0.3) is 10.8 Å². The van der Waals surface area contributed by atoms with E-state index >= 15 is 0 Å². The van der Waals surface area contributed by atoms with Gasteiger partial charge >= 0.3 is 0 Å². The first kappa shape index (κ1) is 13.8. The summed E-state index contributed by atoms with van der Waals surface area (Å²) in [6.45, 7) is 1.65. The van der Waals surface area contributed by atoms with Crippen molar-refractivity contribution in [3.63, 3.8) is 0 Å². The topological polar surface area (TPSA) is 53.2 Å². The Labute approximate surface area is 131 Å². The number of benzene rings is 2. The molecule has 1 unspecified atom stereocenters. The molecule has 1 amide bonds. The largest absolute Gasteiger partial charge is 0.356 e. The van der Waals surface area contributed by atoms with Gasteiger partial charge in [-0.15, -0.1) is 0 Å². The molecule has 114 valence electrons. The van der Waals surface area contributed by atoms with Crippen LogP contribution in [0.2, 0.25) is 0 Å². The van der Waals surface area contributed by atoms with Gasteiger partial charge in [-0.25, -0.2) is 4.39 Å². The van der Waals surface area contributed by atoms with Crippen molar-refractivity contribution in [2.24, 2.45) is 5.92 Å². The van der Waals surface area contributed by atoms with Gasteiger partial charge in [-0.05, 0) is 41.9 Å². The van der Waals surface area contributed by atoms with Crippen LogP contribution in [0.3, 0.4) is 0 Å². The van der Waals surface area contributed by atoms with Crippen LogP contribution in [0.15, 0.2) is 35.2 Å². The van der Waals surface area contributed by atoms with Crippen molar-refractivity contribution in [2.75, 3.05) is 18.4 Å². The normalized spacial score (nSPS) is 23.3. The average Bonchev–Trinajstić information content (AvgIpc) is 3.15. The molecule has 0 saturated carbocycles. The lowest BCUT2D eigenvalue weighted by Gasteiger charge is -2.15. The first-order valence-corrected chi connectivity index (χ1v) is 8.25. The van der Waals surface area contributed by atoms with Crippen molar-refractivity contribution < 1.29 is 9.18 Å². The molecule has 1 saturated heterocycles. The SMILES string of the molecule is O=C(NC1Nc2ccc3cc(F)ccc3c2S1)[C@H]1CCNC1. The van der Waals surface area contributed by atoms with E-state index in [9.17, 15) is 9.18 Å². The third-order valence-electron chi connectivity index (χ3n) is 4.16. The van der Waals surface area contributed by atoms with Crippen LogP contribution in [-0.4, -0.2) is 24.5 Å². The fourth-order valence-electron chi connectivity index (χ4n) is 2.99. The van der Waals surface area contributed by atoms with Gasteiger partial charge < -0.3 is 16.0 Å². The van der Waals surface area contributed by atoms with Crippen LogP contribution < -0.4 is 16.0 Å². The molecule has 0 bridgehead atoms. The molecule has 3 N–H and O–H groups in total. The maximum absolute atomic E-state index is 13.3. The Balaban J connectivity index is 1.55. The molecule has 4 rings (SSSR count). The molecule has 0 radical (unpaired) electrons. The number of fused-ring (bicyclic) bond motifs is 3. The summed E-state index contributed by atoms with van der Waals surface area (Å²) < 4.78 is 13.3. The maximum Gasteiger partial charge on any atom is 0.226 e. The summed E-state index contributed by atoms with van der Waals surface area (Å²) in [5.41, 5.74) is 0.817. The summed E-state index contributed by atoms with van der Waals surface area (Å²) >= 11 is 1.57. The van der Waals surface area contributed by atoms with Crippen LogP contribution in [0, 0.1) is 11.7 Å². The first-order chi connectivity index (χ1) is 10.7. The van der Waals surface area contributed by atoms with Gasteiger partial charge in [0.05, 0.1) is 11.6 Å². The number of rotatable bonds is 2.